The van der Waals surface area contributed by atoms with Crippen LogP contribution in [0.4, 0.5) is 0 Å². The topological polar surface area (TPSA) is 56.1 Å². The number of carbonyl (C=O) groups is 1. The fourth-order valence-electron chi connectivity index (χ4n) is 1.85. The summed E-state index contributed by atoms with van der Waals surface area (Å²) in [6.45, 7) is 3.12. The second kappa shape index (κ2) is 8.19. The van der Waals surface area contributed by atoms with Crippen LogP contribution in [-0.4, -0.2) is 28.1 Å². The first-order valence-electron chi connectivity index (χ1n) is 6.91. The number of benzene rings is 1. The van der Waals surface area contributed by atoms with E-state index in [1.165, 1.54) is 0 Å². The Hall–Kier alpha value is -1.53. The third kappa shape index (κ3) is 5.03. The maximum Gasteiger partial charge on any atom is 0.260 e. The number of aryl methyl sites for hydroxylation is 1. The number of amides is 1. The molecule has 0 saturated carbocycles. The first-order chi connectivity index (χ1) is 10.6. The van der Waals surface area contributed by atoms with Crippen LogP contribution in [0.3, 0.4) is 0 Å². The van der Waals surface area contributed by atoms with E-state index in [0.717, 1.165) is 17.4 Å². The van der Waals surface area contributed by atoms with Crippen LogP contribution in [0.5, 0.6) is 5.75 Å². The van der Waals surface area contributed by atoms with Gasteiger partial charge >= 0.3 is 0 Å². The van der Waals surface area contributed by atoms with Crippen LogP contribution < -0.4 is 10.1 Å². The van der Waals surface area contributed by atoms with Crippen molar-refractivity contribution in [2.24, 2.45) is 0 Å². The lowest BCUT2D eigenvalue weighted by Crippen LogP contribution is -2.37. The van der Waals surface area contributed by atoms with Crippen molar-refractivity contribution in [3.63, 3.8) is 0 Å². The molecule has 1 N–H and O–H groups in total. The molecule has 7 heteroatoms. The molecule has 22 heavy (non-hydrogen) atoms. The van der Waals surface area contributed by atoms with Gasteiger partial charge in [0, 0.05) is 30.5 Å². The molecule has 0 bridgehead atoms. The van der Waals surface area contributed by atoms with Crippen molar-refractivity contribution in [1.29, 1.82) is 0 Å². The summed E-state index contributed by atoms with van der Waals surface area (Å²) in [7, 11) is 0. The van der Waals surface area contributed by atoms with Gasteiger partial charge in [-0.2, -0.15) is 0 Å². The lowest BCUT2D eigenvalue weighted by Gasteiger charge is -2.16. The van der Waals surface area contributed by atoms with Gasteiger partial charge in [-0.1, -0.05) is 11.6 Å². The number of ether oxygens (including phenoxy) is 1. The summed E-state index contributed by atoms with van der Waals surface area (Å²) < 4.78 is 8.32. The van der Waals surface area contributed by atoms with E-state index in [1.807, 2.05) is 10.8 Å². The van der Waals surface area contributed by atoms with Crippen molar-refractivity contribution in [3.05, 3.63) is 46.4 Å². The lowest BCUT2D eigenvalue weighted by molar-refractivity contribution is -0.127. The van der Waals surface area contributed by atoms with Gasteiger partial charge in [-0.05, 0) is 47.5 Å². The second-order valence-electron chi connectivity index (χ2n) is 4.78. The molecular weight excluding hydrogens is 370 g/mol. The van der Waals surface area contributed by atoms with Gasteiger partial charge < -0.3 is 14.6 Å². The molecule has 0 aliphatic heterocycles. The minimum absolute atomic E-state index is 0.146. The Morgan fingerprint density at radius 2 is 2.36 bits per heavy atom. The number of imidazole rings is 1. The van der Waals surface area contributed by atoms with Crippen molar-refractivity contribution in [3.8, 4) is 5.75 Å². The zero-order valence-electron chi connectivity index (χ0n) is 12.1. The number of hydrogen-bond donors (Lipinski definition) is 1. The van der Waals surface area contributed by atoms with Crippen LogP contribution >= 0.6 is 27.5 Å². The third-order valence-electron chi connectivity index (χ3n) is 3.02. The number of halogens is 2. The van der Waals surface area contributed by atoms with Gasteiger partial charge in [-0.25, -0.2) is 4.98 Å². The summed E-state index contributed by atoms with van der Waals surface area (Å²) in [5.74, 6) is 0.443. The molecule has 1 aromatic heterocycles. The number of carbonyl (C=O) groups excluding carboxylic acids is 1. The Kier molecular flexibility index (Phi) is 6.27. The maximum absolute atomic E-state index is 12.0. The van der Waals surface area contributed by atoms with Crippen LogP contribution in [0.25, 0.3) is 0 Å². The van der Waals surface area contributed by atoms with E-state index in [4.69, 9.17) is 16.3 Å². The molecule has 2 aromatic rings. The standard InChI is InChI=1S/C15H17BrClN3O2/c1-11(22-14-4-3-12(17)9-13(14)16)15(21)19-5-2-7-20-8-6-18-10-20/h3-4,6,8-11H,2,5,7H2,1H3,(H,19,21). The largest absolute Gasteiger partial charge is 0.480 e. The van der Waals surface area contributed by atoms with E-state index in [1.54, 1.807) is 37.6 Å². The monoisotopic (exact) mass is 385 g/mol. The average molecular weight is 387 g/mol. The molecule has 0 fully saturated rings. The molecule has 0 radical (unpaired) electrons. The summed E-state index contributed by atoms with van der Waals surface area (Å²) in [5.41, 5.74) is 0. The Morgan fingerprint density at radius 1 is 1.55 bits per heavy atom. The van der Waals surface area contributed by atoms with Crippen molar-refractivity contribution in [2.75, 3.05) is 6.54 Å². The molecular formula is C15H17BrClN3O2. The zero-order chi connectivity index (χ0) is 15.9. The lowest BCUT2D eigenvalue weighted by atomic mass is 10.3. The third-order valence-corrected chi connectivity index (χ3v) is 3.87. The Bertz CT molecular complexity index is 619. The smallest absolute Gasteiger partial charge is 0.260 e. The van der Waals surface area contributed by atoms with Gasteiger partial charge in [0.15, 0.2) is 6.10 Å². The van der Waals surface area contributed by atoms with Gasteiger partial charge in [0.1, 0.15) is 5.75 Å². The molecule has 0 spiro atoms. The molecule has 0 aliphatic carbocycles. The van der Waals surface area contributed by atoms with E-state index in [9.17, 15) is 4.79 Å². The molecule has 1 unspecified atom stereocenters. The minimum Gasteiger partial charge on any atom is -0.480 e. The highest BCUT2D eigenvalue weighted by Crippen LogP contribution is 2.28. The molecule has 5 nitrogen and oxygen atoms in total. The molecule has 1 aromatic carbocycles. The van der Waals surface area contributed by atoms with E-state index < -0.39 is 6.10 Å². The molecule has 0 aliphatic rings. The van der Waals surface area contributed by atoms with Crippen LogP contribution in [0.2, 0.25) is 5.02 Å². The van der Waals surface area contributed by atoms with Gasteiger partial charge in [-0.15, -0.1) is 0 Å². The number of nitrogens with zero attached hydrogens (tertiary/aromatic N) is 2. The van der Waals surface area contributed by atoms with E-state index >= 15 is 0 Å². The van der Waals surface area contributed by atoms with Gasteiger partial charge in [0.2, 0.25) is 0 Å². The molecule has 1 amide bonds. The minimum atomic E-state index is -0.578. The number of hydrogen-bond acceptors (Lipinski definition) is 3. The number of nitrogens with one attached hydrogen (secondary N) is 1. The summed E-state index contributed by atoms with van der Waals surface area (Å²) >= 11 is 9.23. The fraction of sp³-hybridized carbons (Fsp3) is 0.333. The average Bonchev–Trinajstić information content (AvgIpc) is 2.99. The molecule has 118 valence electrons. The van der Waals surface area contributed by atoms with E-state index in [2.05, 4.69) is 26.2 Å². The maximum atomic E-state index is 12.0. The van der Waals surface area contributed by atoms with Crippen molar-refractivity contribution in [1.82, 2.24) is 14.9 Å². The fourth-order valence-corrected chi connectivity index (χ4v) is 2.63. The predicted molar refractivity (Wildman–Crippen MR) is 89.1 cm³/mol. The van der Waals surface area contributed by atoms with Gasteiger partial charge in [0.05, 0.1) is 10.8 Å². The van der Waals surface area contributed by atoms with E-state index in [0.29, 0.717) is 17.3 Å². The highest BCUT2D eigenvalue weighted by atomic mass is 79.9. The Balaban J connectivity index is 1.74. The summed E-state index contributed by atoms with van der Waals surface area (Å²) in [6.07, 6.45) is 5.64. The van der Waals surface area contributed by atoms with Crippen LogP contribution in [0, 0.1) is 0 Å². The van der Waals surface area contributed by atoms with Crippen LogP contribution in [0.1, 0.15) is 13.3 Å². The Morgan fingerprint density at radius 3 is 3.05 bits per heavy atom. The second-order valence-corrected chi connectivity index (χ2v) is 6.07. The van der Waals surface area contributed by atoms with Crippen molar-refractivity contribution < 1.29 is 9.53 Å². The zero-order valence-corrected chi connectivity index (χ0v) is 14.5. The highest BCUT2D eigenvalue weighted by Gasteiger charge is 2.15. The van der Waals surface area contributed by atoms with Gasteiger partial charge in [-0.3, -0.25) is 4.79 Å². The first-order valence-corrected chi connectivity index (χ1v) is 8.08. The normalized spacial score (nSPS) is 12.0. The number of aromatic nitrogens is 2. The van der Waals surface area contributed by atoms with Crippen LogP contribution in [0.15, 0.2) is 41.4 Å². The van der Waals surface area contributed by atoms with Crippen molar-refractivity contribution in [2.45, 2.75) is 26.0 Å². The van der Waals surface area contributed by atoms with Gasteiger partial charge in [0.25, 0.3) is 5.91 Å². The van der Waals surface area contributed by atoms with E-state index in [-0.39, 0.29) is 5.91 Å². The Labute approximate surface area is 142 Å². The number of rotatable bonds is 7. The molecule has 1 heterocycles. The predicted octanol–water partition coefficient (Wildman–Crippen LogP) is 3.27. The SMILES string of the molecule is CC(Oc1ccc(Cl)cc1Br)C(=O)NCCCn1ccnc1. The first kappa shape index (κ1) is 16.8. The van der Waals surface area contributed by atoms with Crippen molar-refractivity contribution >= 4 is 33.4 Å². The van der Waals surface area contributed by atoms with Crippen LogP contribution in [-0.2, 0) is 11.3 Å². The molecule has 1 atom stereocenters. The quantitative estimate of drug-likeness (QED) is 0.743. The highest BCUT2D eigenvalue weighted by molar-refractivity contribution is 9.10. The summed E-state index contributed by atoms with van der Waals surface area (Å²) in [5, 5.41) is 3.46. The summed E-state index contributed by atoms with van der Waals surface area (Å²) in [4.78, 5) is 16.0. The molecule has 0 saturated heterocycles. The molecule has 2 rings (SSSR count). The summed E-state index contributed by atoms with van der Waals surface area (Å²) in [6, 6.07) is 5.18.